The summed E-state index contributed by atoms with van der Waals surface area (Å²) in [7, 11) is 0. The van der Waals surface area contributed by atoms with E-state index in [1.807, 2.05) is 30.3 Å². The van der Waals surface area contributed by atoms with Crippen LogP contribution in [0, 0.1) is 33.5 Å². The molecule has 22 atom stereocenters. The highest BCUT2D eigenvalue weighted by molar-refractivity contribution is 7.94. The Balaban J connectivity index is 0.000000262. The van der Waals surface area contributed by atoms with Gasteiger partial charge in [-0.25, -0.2) is 33.6 Å². The quantitative estimate of drug-likeness (QED) is 0.00339. The molecule has 4 saturated carbocycles. The van der Waals surface area contributed by atoms with Crippen LogP contribution in [0.2, 0.25) is 0 Å². The molecule has 2 heterocycles. The molecule has 0 aromatic heterocycles. The van der Waals surface area contributed by atoms with Gasteiger partial charge in [0.2, 0.25) is 12.2 Å². The third-order valence-corrected chi connectivity index (χ3v) is 30.2. The molecule has 800 valence electrons. The van der Waals surface area contributed by atoms with Crippen LogP contribution in [0.4, 0.5) is 14.4 Å². The highest BCUT2D eigenvalue weighted by atomic mass is 32.2. The van der Waals surface area contributed by atoms with Crippen LogP contribution in [0.25, 0.3) is 0 Å². The molecule has 8 aliphatic rings. The van der Waals surface area contributed by atoms with Crippen LogP contribution in [-0.2, 0) is 121 Å². The topological polar surface area (TPSA) is 553 Å². The fourth-order valence-electron chi connectivity index (χ4n) is 22.1. The standard InChI is InChI=1S/C57H70N2O17.C50H66N2O18S/c1-33-38(30-57(69)48(74-49(65)37-25-17-11-18-26-37)46-55(8,47(64)44(63)42(33)54(57,6)7)39(61)29-40-56(46,32-71-40)75-34(2)60)72-50(66)45(43(36-23-15-10-16-24-36)59-52(68)76-53(3,4)5)73-41(62)27-19-12-20-28-58-51(67)70-31-35-21-13-9-14-22-35;1-28-32(63-44(59)39(64-35(55)23-17-9-10-18-24-71-70-69-68-51)37(30-19-13-11-14-20-30)52-45(60)67-46(3,4)5)26-50(61)42(65-43(58)31-21-15-12-16-22-31)40-48(8,41(57)38(56)36(28)47(50,6)7)33(54)25-34-49(40,27-62-34)66-29(2)53/h9-11,13-18,21-26,38-40,43-46,48,61,63,69H,12,19-20,27-32H2,1-8H3,(H,58,67)(H,59,68);11-16,19-22,32-34,37-40,42,54,56,61H,9-10,17-18,23-27,51H2,1-8H3,(H,52,60)/t38-,39-,40+,43-,44+,45+,46-,48-,55+,56-,57+;32-,33-,34+,37-,38+,39+,40-,42-,48+,49-,50+/m00/s1. The zero-order valence-electron chi connectivity index (χ0n) is 85.4. The molecule has 0 unspecified atom stereocenters. The highest BCUT2D eigenvalue weighted by Gasteiger charge is 2.81. The molecule has 40 heteroatoms. The number of carbonyl (C=O) groups is 13. The first-order valence-electron chi connectivity index (χ1n) is 49.2. The maximum absolute atomic E-state index is 15.3. The number of benzene rings is 5. The number of aliphatic hydroxyl groups excluding tert-OH is 4. The van der Waals surface area contributed by atoms with Crippen molar-refractivity contribution in [2.45, 2.75) is 320 Å². The van der Waals surface area contributed by atoms with Gasteiger partial charge in [-0.05, 0) is 163 Å². The Hall–Kier alpha value is -11.6. The minimum Gasteiger partial charge on any atom is -0.455 e. The lowest BCUT2D eigenvalue weighted by atomic mass is 9.44. The summed E-state index contributed by atoms with van der Waals surface area (Å²) < 4.78 is 82.4. The number of Topliss-reactive ketones (excluding diaryl/α,β-unsaturated/α-hetero) is 2. The van der Waals surface area contributed by atoms with Crippen molar-refractivity contribution in [3.63, 3.8) is 0 Å². The van der Waals surface area contributed by atoms with Gasteiger partial charge in [0, 0.05) is 87.5 Å². The van der Waals surface area contributed by atoms with Gasteiger partial charge >= 0.3 is 66.0 Å². The number of ether oxygens (including phenoxy) is 13. The van der Waals surface area contributed by atoms with Crippen molar-refractivity contribution < 1.29 is 169 Å². The Morgan fingerprint density at radius 2 is 0.857 bits per heavy atom. The molecule has 5 aromatic carbocycles. The summed E-state index contributed by atoms with van der Waals surface area (Å²) in [6.45, 7) is 23.7. The van der Waals surface area contributed by atoms with Gasteiger partial charge in [0.25, 0.3) is 0 Å². The smallest absolute Gasteiger partial charge is 0.408 e. The molecule has 3 amide bonds. The van der Waals surface area contributed by atoms with Crippen LogP contribution in [0.5, 0.6) is 0 Å². The lowest BCUT2D eigenvalue weighted by molar-refractivity contribution is -0.464. The minimum absolute atomic E-state index is 0.0501. The van der Waals surface area contributed by atoms with Gasteiger partial charge in [-0.2, -0.15) is 5.90 Å². The molecule has 0 radical (unpaired) electrons. The van der Waals surface area contributed by atoms with E-state index in [0.29, 0.717) is 55.4 Å². The number of nitrogens with two attached hydrogens (primary N) is 1. The Morgan fingerprint density at radius 3 is 1.22 bits per heavy atom. The van der Waals surface area contributed by atoms with E-state index in [0.717, 1.165) is 31.5 Å². The van der Waals surface area contributed by atoms with E-state index in [1.54, 1.807) is 139 Å². The van der Waals surface area contributed by atoms with Gasteiger partial charge in [-0.1, -0.05) is 174 Å². The molecule has 0 spiro atoms. The van der Waals surface area contributed by atoms with Gasteiger partial charge in [0.15, 0.2) is 22.8 Å². The van der Waals surface area contributed by atoms with Gasteiger partial charge in [0.1, 0.15) is 89.9 Å². The number of hydrogen-bond acceptors (Lipinski definition) is 37. The van der Waals surface area contributed by atoms with Crippen molar-refractivity contribution in [1.29, 1.82) is 0 Å². The summed E-state index contributed by atoms with van der Waals surface area (Å²) in [6.07, 6.45) is -21.1. The third kappa shape index (κ3) is 24.6. The predicted octanol–water partition coefficient (Wildman–Crippen LogP) is 11.5. The number of nitrogens with one attached hydrogen (secondary N) is 3. The zero-order valence-corrected chi connectivity index (χ0v) is 86.2. The van der Waals surface area contributed by atoms with Crippen LogP contribution in [0.3, 0.4) is 0 Å². The molecule has 11 N–H and O–H groups in total. The number of esters is 8. The average Bonchev–Trinajstić information content (AvgIpc) is 0.670. The van der Waals surface area contributed by atoms with Crippen molar-refractivity contribution in [3.8, 4) is 0 Å². The maximum Gasteiger partial charge on any atom is 0.408 e. The number of hydrogen-bond donors (Lipinski definition) is 10. The first-order valence-corrected chi connectivity index (χ1v) is 50.1. The second kappa shape index (κ2) is 47.1. The molecular weight excluding hydrogens is 1930 g/mol. The van der Waals surface area contributed by atoms with Crippen LogP contribution < -0.4 is 21.8 Å². The number of unbranched alkanes of at least 4 members (excludes halogenated alkanes) is 5. The van der Waals surface area contributed by atoms with Crippen LogP contribution in [-0.4, -0.2) is 241 Å². The second-order valence-electron chi connectivity index (χ2n) is 42.1. The number of rotatable bonds is 36. The van der Waals surface area contributed by atoms with Gasteiger partial charge in [-0.3, -0.25) is 28.8 Å². The van der Waals surface area contributed by atoms with E-state index >= 15 is 19.2 Å². The summed E-state index contributed by atoms with van der Waals surface area (Å²) in [5.74, 6) is -7.34. The fraction of sp³-hybridized carbons (Fsp3) is 0.561. The predicted molar refractivity (Wildman–Crippen MR) is 521 cm³/mol. The molecule has 39 nitrogen and oxygen atoms in total. The molecule has 2 saturated heterocycles. The first-order chi connectivity index (χ1) is 69.3. The molecule has 6 fully saturated rings. The van der Waals surface area contributed by atoms with Crippen molar-refractivity contribution in [2.24, 2.45) is 39.4 Å². The largest absolute Gasteiger partial charge is 0.455 e. The molecule has 147 heavy (non-hydrogen) atoms. The first kappa shape index (κ1) is 114. The van der Waals surface area contributed by atoms with Crippen molar-refractivity contribution >= 4 is 89.6 Å². The third-order valence-electron chi connectivity index (χ3n) is 29.6. The van der Waals surface area contributed by atoms with E-state index in [4.69, 9.17) is 67.5 Å². The monoisotopic (exact) mass is 2070 g/mol. The Labute approximate surface area is 856 Å². The second-order valence-corrected chi connectivity index (χ2v) is 42.9. The summed E-state index contributed by atoms with van der Waals surface area (Å²) >= 11 is 0.976. The van der Waals surface area contributed by atoms with E-state index < -0.39 is 243 Å². The lowest BCUT2D eigenvalue weighted by Gasteiger charge is -2.67. The number of ketones is 2. The number of carbonyl (C=O) groups excluding carboxylic acids is 13. The minimum atomic E-state index is -2.44. The number of amides is 3. The van der Waals surface area contributed by atoms with E-state index in [9.17, 15) is 73.8 Å². The van der Waals surface area contributed by atoms with E-state index in [-0.39, 0.29) is 91.9 Å². The number of fused-ring (bicyclic) bond motifs is 10. The zero-order chi connectivity index (χ0) is 107. The van der Waals surface area contributed by atoms with Crippen molar-refractivity contribution in [3.05, 3.63) is 202 Å². The average molecular weight is 2070 g/mol. The maximum atomic E-state index is 15.3. The van der Waals surface area contributed by atoms with Crippen LogP contribution >= 0.6 is 12.0 Å². The SMILES string of the molecule is CC(=O)O[C@@]12CO[C@@H]1C[C@H](O)[C@@]1(C)C(=O)[C@H](O)C3=C(C)[C@@H](OC(=O)[C@H](OC(=O)CCCCCCSOOON)[C@@H](NC(=O)OC(C)(C)C)c4ccccc4)C[C@@](O)([C@@H](OC(=O)c4ccccc4)[C@H]21)C3(C)C.CC(=O)O[C@@]12CO[C@@H]1C[C@H](O)[C@@]1(C)C(=O)[C@H](O)C3=C(C)[C@@H](OC(=O)[C@H](OC(=O)CCCCCNC(=O)OCc4ccccc4)[C@@H](NC(=O)OC(C)(C)C)c4ccccc4)C[C@@](O)([C@@H](OC(=O)c4ccccc4)[C@H]21)C3(C)C. The summed E-state index contributed by atoms with van der Waals surface area (Å²) in [6, 6.07) is 38.3. The molecular formula is C107H136N4O35S. The van der Waals surface area contributed by atoms with Gasteiger partial charge in [0.05, 0.1) is 59.2 Å². The van der Waals surface area contributed by atoms with Crippen LogP contribution in [0.15, 0.2) is 174 Å². The fourth-order valence-corrected chi connectivity index (χ4v) is 22.6. The number of aliphatic hydroxyl groups is 6. The van der Waals surface area contributed by atoms with Gasteiger partial charge < -0.3 is 108 Å². The van der Waals surface area contributed by atoms with E-state index in [2.05, 4.69) is 30.3 Å². The van der Waals surface area contributed by atoms with Gasteiger partial charge in [-0.15, -0.1) is 9.32 Å². The Bertz CT molecular complexity index is 5620. The number of alkyl carbamates (subject to hydrolysis) is 3. The molecule has 4 bridgehead atoms. The summed E-state index contributed by atoms with van der Waals surface area (Å²) in [5, 5.41) is 88.7. The molecule has 6 aliphatic carbocycles. The lowest BCUT2D eigenvalue weighted by Crippen LogP contribution is -2.81. The molecule has 2 aliphatic heterocycles. The molecule has 5 aromatic rings. The summed E-state index contributed by atoms with van der Waals surface area (Å²) in [5.41, 5.74) is -16.4. The molecule has 13 rings (SSSR count). The van der Waals surface area contributed by atoms with Crippen molar-refractivity contribution in [1.82, 2.24) is 16.0 Å². The Morgan fingerprint density at radius 1 is 0.490 bits per heavy atom. The Kier molecular flexibility index (Phi) is 36.5. The normalized spacial score (nSPS) is 28.9. The van der Waals surface area contributed by atoms with Crippen molar-refractivity contribution in [2.75, 3.05) is 25.5 Å². The summed E-state index contributed by atoms with van der Waals surface area (Å²) in [4.78, 5) is 187. The van der Waals surface area contributed by atoms with E-state index in [1.165, 1.54) is 79.7 Å². The highest BCUT2D eigenvalue weighted by Crippen LogP contribution is 2.67. The van der Waals surface area contributed by atoms with Crippen LogP contribution in [0.1, 0.15) is 244 Å².